The van der Waals surface area contributed by atoms with Gasteiger partial charge < -0.3 is 10.8 Å². The molecule has 0 aliphatic carbocycles. The minimum atomic E-state index is -2.75. The molecule has 1 aromatic heterocycles. The zero-order valence-corrected chi connectivity index (χ0v) is 8.25. The highest BCUT2D eigenvalue weighted by molar-refractivity contribution is 9.10. The van der Waals surface area contributed by atoms with Crippen LogP contribution in [0, 0.1) is 0 Å². The van der Waals surface area contributed by atoms with Crippen molar-refractivity contribution in [2.75, 3.05) is 5.73 Å². The Balaban J connectivity index is 3.31. The Labute approximate surface area is 85.9 Å². The summed E-state index contributed by atoms with van der Waals surface area (Å²) in [5.74, 6) is -1.36. The number of carbonyl (C=O) groups is 1. The Bertz CT molecular complexity index is 384. The van der Waals surface area contributed by atoms with Crippen LogP contribution in [0.4, 0.5) is 14.5 Å². The van der Waals surface area contributed by atoms with E-state index in [-0.39, 0.29) is 10.3 Å². The molecule has 1 heterocycles. The Morgan fingerprint density at radius 2 is 2.21 bits per heavy atom. The van der Waals surface area contributed by atoms with Crippen molar-refractivity contribution < 1.29 is 18.7 Å². The van der Waals surface area contributed by atoms with Gasteiger partial charge in [-0.05, 0) is 22.0 Å². The third kappa shape index (κ3) is 1.98. The molecule has 76 valence electrons. The molecular weight excluding hydrogens is 262 g/mol. The second-order valence-electron chi connectivity index (χ2n) is 2.41. The number of aromatic nitrogens is 1. The van der Waals surface area contributed by atoms with Gasteiger partial charge in [-0.15, -0.1) is 0 Å². The second kappa shape index (κ2) is 3.87. The van der Waals surface area contributed by atoms with Crippen LogP contribution < -0.4 is 5.73 Å². The largest absolute Gasteiger partial charge is 0.476 e. The number of rotatable bonds is 2. The van der Waals surface area contributed by atoms with Crippen LogP contribution in [-0.2, 0) is 0 Å². The van der Waals surface area contributed by atoms with Gasteiger partial charge in [0.15, 0.2) is 5.69 Å². The fourth-order valence-electron chi connectivity index (χ4n) is 0.847. The molecule has 0 aromatic carbocycles. The third-order valence-corrected chi connectivity index (χ3v) is 2.11. The first-order chi connectivity index (χ1) is 6.43. The predicted octanol–water partition coefficient (Wildman–Crippen LogP) is 2.06. The number of pyridine rings is 1. The number of nitrogens with two attached hydrogens (primary N) is 1. The number of alkyl halides is 2. The molecule has 0 saturated heterocycles. The molecule has 14 heavy (non-hydrogen) atoms. The van der Waals surface area contributed by atoms with Crippen molar-refractivity contribution in [1.82, 2.24) is 4.98 Å². The number of anilines is 1. The van der Waals surface area contributed by atoms with E-state index in [1.165, 1.54) is 0 Å². The molecule has 0 amide bonds. The third-order valence-electron chi connectivity index (χ3n) is 1.47. The molecule has 0 spiro atoms. The van der Waals surface area contributed by atoms with E-state index in [4.69, 9.17) is 10.8 Å². The lowest BCUT2D eigenvalue weighted by Gasteiger charge is -2.06. The van der Waals surface area contributed by atoms with Gasteiger partial charge in [-0.1, -0.05) is 0 Å². The predicted molar refractivity (Wildman–Crippen MR) is 48.3 cm³/mol. The van der Waals surface area contributed by atoms with Crippen LogP contribution in [0.3, 0.4) is 0 Å². The zero-order valence-electron chi connectivity index (χ0n) is 6.67. The number of nitrogen functional groups attached to an aromatic ring is 1. The van der Waals surface area contributed by atoms with E-state index in [2.05, 4.69) is 20.9 Å². The van der Waals surface area contributed by atoms with E-state index >= 15 is 0 Å². The Morgan fingerprint density at radius 3 is 2.64 bits per heavy atom. The van der Waals surface area contributed by atoms with Crippen molar-refractivity contribution in [3.05, 3.63) is 21.9 Å². The number of aromatic carboxylic acids is 1. The first-order valence-corrected chi connectivity index (χ1v) is 4.20. The molecule has 0 aliphatic rings. The van der Waals surface area contributed by atoms with Crippen molar-refractivity contribution >= 4 is 27.6 Å². The number of halogens is 3. The maximum absolute atomic E-state index is 12.3. The quantitative estimate of drug-likeness (QED) is 0.804. The smallest absolute Gasteiger partial charge is 0.356 e. The molecule has 1 aromatic rings. The molecule has 0 fully saturated rings. The SMILES string of the molecule is Nc1cc(C(F)F)c(Br)nc1C(=O)O. The minimum absolute atomic E-state index is 0.209. The molecule has 1 rings (SSSR count). The Kier molecular flexibility index (Phi) is 3.00. The van der Waals surface area contributed by atoms with Gasteiger partial charge in [0.2, 0.25) is 0 Å². The van der Waals surface area contributed by atoms with Crippen LogP contribution in [0.25, 0.3) is 0 Å². The summed E-state index contributed by atoms with van der Waals surface area (Å²) in [4.78, 5) is 13.9. The van der Waals surface area contributed by atoms with Gasteiger partial charge in [0, 0.05) is 0 Å². The van der Waals surface area contributed by atoms with Crippen LogP contribution in [0.1, 0.15) is 22.5 Å². The Morgan fingerprint density at radius 1 is 1.64 bits per heavy atom. The minimum Gasteiger partial charge on any atom is -0.476 e. The monoisotopic (exact) mass is 266 g/mol. The molecule has 0 radical (unpaired) electrons. The fraction of sp³-hybridized carbons (Fsp3) is 0.143. The summed E-state index contributed by atoms with van der Waals surface area (Å²) in [6, 6.07) is 0.894. The highest BCUT2D eigenvalue weighted by atomic mass is 79.9. The second-order valence-corrected chi connectivity index (χ2v) is 3.16. The van der Waals surface area contributed by atoms with Crippen LogP contribution in [0.2, 0.25) is 0 Å². The average molecular weight is 267 g/mol. The first-order valence-electron chi connectivity index (χ1n) is 3.41. The highest BCUT2D eigenvalue weighted by Gasteiger charge is 2.18. The first kappa shape index (κ1) is 10.8. The summed E-state index contributed by atoms with van der Waals surface area (Å²) >= 11 is 2.74. The summed E-state index contributed by atoms with van der Waals surface area (Å²) < 4.78 is 24.3. The highest BCUT2D eigenvalue weighted by Crippen LogP contribution is 2.28. The lowest BCUT2D eigenvalue weighted by atomic mass is 10.2. The molecule has 3 N–H and O–H groups in total. The average Bonchev–Trinajstić information content (AvgIpc) is 2.07. The molecule has 4 nitrogen and oxygen atoms in total. The lowest BCUT2D eigenvalue weighted by molar-refractivity contribution is 0.0691. The number of nitrogens with zero attached hydrogens (tertiary/aromatic N) is 1. The van der Waals surface area contributed by atoms with Gasteiger partial charge in [-0.2, -0.15) is 0 Å². The maximum Gasteiger partial charge on any atom is 0.356 e. The van der Waals surface area contributed by atoms with Gasteiger partial charge in [0.05, 0.1) is 11.3 Å². The topological polar surface area (TPSA) is 76.2 Å². The van der Waals surface area contributed by atoms with Crippen LogP contribution >= 0.6 is 15.9 Å². The standard InChI is InChI=1S/C7H5BrF2N2O2/c8-5-2(6(9)10)1-3(11)4(12-5)7(13)14/h1,6H,11H2,(H,13,14). The van der Waals surface area contributed by atoms with Crippen LogP contribution in [0.15, 0.2) is 10.7 Å². The van der Waals surface area contributed by atoms with E-state index in [9.17, 15) is 13.6 Å². The summed E-state index contributed by atoms with van der Waals surface area (Å²) in [7, 11) is 0. The van der Waals surface area contributed by atoms with Gasteiger partial charge in [-0.3, -0.25) is 0 Å². The van der Waals surface area contributed by atoms with Gasteiger partial charge >= 0.3 is 5.97 Å². The fourth-order valence-corrected chi connectivity index (χ4v) is 1.31. The van der Waals surface area contributed by atoms with Crippen molar-refractivity contribution in [2.24, 2.45) is 0 Å². The van der Waals surface area contributed by atoms with Crippen molar-refractivity contribution in [3.8, 4) is 0 Å². The van der Waals surface area contributed by atoms with E-state index in [1.807, 2.05) is 0 Å². The molecule has 0 atom stereocenters. The van der Waals surface area contributed by atoms with E-state index in [0.717, 1.165) is 6.07 Å². The molecule has 7 heteroatoms. The van der Waals surface area contributed by atoms with E-state index in [0.29, 0.717) is 0 Å². The molecule has 0 aliphatic heterocycles. The number of carboxylic acids is 1. The van der Waals surface area contributed by atoms with Gasteiger partial charge in [0.1, 0.15) is 4.60 Å². The number of hydrogen-bond acceptors (Lipinski definition) is 3. The lowest BCUT2D eigenvalue weighted by Crippen LogP contribution is -2.07. The van der Waals surface area contributed by atoms with Crippen molar-refractivity contribution in [2.45, 2.75) is 6.43 Å². The maximum atomic E-state index is 12.3. The molecule has 0 saturated carbocycles. The van der Waals surface area contributed by atoms with Crippen molar-refractivity contribution in [3.63, 3.8) is 0 Å². The summed E-state index contributed by atoms with van der Waals surface area (Å²) in [6.45, 7) is 0. The normalized spacial score (nSPS) is 10.6. The molecular formula is C7H5BrF2N2O2. The Hall–Kier alpha value is -1.24. The molecule has 0 bridgehead atoms. The van der Waals surface area contributed by atoms with Gasteiger partial charge in [-0.25, -0.2) is 18.6 Å². The van der Waals surface area contributed by atoms with Crippen LogP contribution in [0.5, 0.6) is 0 Å². The number of hydrogen-bond donors (Lipinski definition) is 2. The van der Waals surface area contributed by atoms with Crippen LogP contribution in [-0.4, -0.2) is 16.1 Å². The van der Waals surface area contributed by atoms with E-state index < -0.39 is 23.7 Å². The molecule has 0 unspecified atom stereocenters. The van der Waals surface area contributed by atoms with Gasteiger partial charge in [0.25, 0.3) is 6.43 Å². The summed E-state index contributed by atoms with van der Waals surface area (Å²) in [5.41, 5.74) is 4.08. The summed E-state index contributed by atoms with van der Waals surface area (Å²) in [6.07, 6.45) is -2.75. The zero-order chi connectivity index (χ0) is 10.9. The summed E-state index contributed by atoms with van der Waals surface area (Å²) in [5, 5.41) is 8.57. The van der Waals surface area contributed by atoms with Crippen molar-refractivity contribution in [1.29, 1.82) is 0 Å². The van der Waals surface area contributed by atoms with E-state index in [1.54, 1.807) is 0 Å². The number of carboxylic acid groups (broad SMARTS) is 1.